The Morgan fingerprint density at radius 2 is 1.94 bits per heavy atom. The predicted molar refractivity (Wildman–Crippen MR) is 83.8 cm³/mol. The van der Waals surface area contributed by atoms with Gasteiger partial charge in [-0.2, -0.15) is 0 Å². The molecule has 1 saturated heterocycles. The molecule has 1 aromatic rings. The van der Waals surface area contributed by atoms with Gasteiger partial charge < -0.3 is 5.32 Å². The number of nitrogens with one attached hydrogen (secondary N) is 1. The van der Waals surface area contributed by atoms with E-state index >= 15 is 0 Å². The lowest BCUT2D eigenvalue weighted by Gasteiger charge is -2.31. The van der Waals surface area contributed by atoms with Gasteiger partial charge in [-0.1, -0.05) is 6.07 Å². The normalized spacial score (nSPS) is 18.2. The van der Waals surface area contributed by atoms with Crippen molar-refractivity contribution in [2.24, 2.45) is 5.92 Å². The van der Waals surface area contributed by atoms with E-state index in [0.717, 1.165) is 28.0 Å². The lowest BCUT2D eigenvalue weighted by Crippen LogP contribution is -2.36. The van der Waals surface area contributed by atoms with E-state index in [-0.39, 0.29) is 0 Å². The number of piperidine rings is 1. The number of likely N-dealkylation sites (tertiary alicyclic amines) is 1. The Bertz CT molecular complexity index is 387. The van der Waals surface area contributed by atoms with Crippen LogP contribution in [0.2, 0.25) is 0 Å². The topological polar surface area (TPSA) is 15.3 Å². The van der Waals surface area contributed by atoms with Crippen molar-refractivity contribution >= 4 is 31.9 Å². The van der Waals surface area contributed by atoms with Gasteiger partial charge in [0.1, 0.15) is 0 Å². The van der Waals surface area contributed by atoms with Crippen LogP contribution < -0.4 is 5.32 Å². The standard InChI is InChI=1S/C14H20Br2N2/c1-17-9-11-4-6-18(7-5-11)10-12-2-3-13(15)14(16)8-12/h2-3,8,11,17H,4-7,9-10H2,1H3. The van der Waals surface area contributed by atoms with Crippen LogP contribution in [0.15, 0.2) is 27.1 Å². The van der Waals surface area contributed by atoms with E-state index in [1.807, 2.05) is 7.05 Å². The lowest BCUT2D eigenvalue weighted by molar-refractivity contribution is 0.177. The number of hydrogen-bond donors (Lipinski definition) is 1. The van der Waals surface area contributed by atoms with E-state index in [1.165, 1.54) is 31.5 Å². The zero-order valence-electron chi connectivity index (χ0n) is 10.8. The number of rotatable bonds is 4. The van der Waals surface area contributed by atoms with Gasteiger partial charge in [-0.15, -0.1) is 0 Å². The molecule has 18 heavy (non-hydrogen) atoms. The number of nitrogens with zero attached hydrogens (tertiary/aromatic N) is 1. The van der Waals surface area contributed by atoms with Crippen LogP contribution in [0.5, 0.6) is 0 Å². The van der Waals surface area contributed by atoms with Gasteiger partial charge in [-0.3, -0.25) is 4.90 Å². The average Bonchev–Trinajstić information content (AvgIpc) is 2.37. The lowest BCUT2D eigenvalue weighted by atomic mass is 9.96. The second-order valence-electron chi connectivity index (χ2n) is 5.03. The third kappa shape index (κ3) is 4.05. The molecular formula is C14H20Br2N2. The summed E-state index contributed by atoms with van der Waals surface area (Å²) in [6, 6.07) is 6.53. The van der Waals surface area contributed by atoms with Crippen molar-refractivity contribution in [3.05, 3.63) is 32.7 Å². The first-order valence-electron chi connectivity index (χ1n) is 6.50. The molecule has 0 spiro atoms. The van der Waals surface area contributed by atoms with Crippen molar-refractivity contribution in [2.45, 2.75) is 19.4 Å². The summed E-state index contributed by atoms with van der Waals surface area (Å²) in [6.07, 6.45) is 2.64. The Labute approximate surface area is 126 Å². The number of benzene rings is 1. The smallest absolute Gasteiger partial charge is 0.0320 e. The summed E-state index contributed by atoms with van der Waals surface area (Å²) in [5, 5.41) is 3.29. The van der Waals surface area contributed by atoms with Crippen LogP contribution >= 0.6 is 31.9 Å². The molecule has 2 nitrogen and oxygen atoms in total. The SMILES string of the molecule is CNCC1CCN(Cc2ccc(Br)c(Br)c2)CC1. The van der Waals surface area contributed by atoms with Crippen LogP contribution in [0, 0.1) is 5.92 Å². The zero-order valence-corrected chi connectivity index (χ0v) is 13.9. The Kier molecular flexibility index (Phi) is 5.67. The van der Waals surface area contributed by atoms with Gasteiger partial charge in [0.25, 0.3) is 0 Å². The molecule has 4 heteroatoms. The minimum absolute atomic E-state index is 0.864. The summed E-state index contributed by atoms with van der Waals surface area (Å²) < 4.78 is 2.27. The maximum atomic E-state index is 3.57. The molecule has 1 fully saturated rings. The largest absolute Gasteiger partial charge is 0.319 e. The van der Waals surface area contributed by atoms with E-state index in [0.29, 0.717) is 0 Å². The Morgan fingerprint density at radius 3 is 2.56 bits per heavy atom. The highest BCUT2D eigenvalue weighted by Gasteiger charge is 2.18. The van der Waals surface area contributed by atoms with Gasteiger partial charge in [0.2, 0.25) is 0 Å². The van der Waals surface area contributed by atoms with Gasteiger partial charge in [0.15, 0.2) is 0 Å². The molecule has 0 bridgehead atoms. The Hall–Kier alpha value is 0.1000. The van der Waals surface area contributed by atoms with Crippen LogP contribution in [0.1, 0.15) is 18.4 Å². The van der Waals surface area contributed by atoms with Crippen LogP contribution in [0.3, 0.4) is 0 Å². The fourth-order valence-corrected chi connectivity index (χ4v) is 3.21. The first-order valence-corrected chi connectivity index (χ1v) is 8.08. The van der Waals surface area contributed by atoms with Gasteiger partial charge in [0.05, 0.1) is 0 Å². The van der Waals surface area contributed by atoms with Gasteiger partial charge in [-0.25, -0.2) is 0 Å². The van der Waals surface area contributed by atoms with Crippen molar-refractivity contribution in [2.75, 3.05) is 26.7 Å². The minimum Gasteiger partial charge on any atom is -0.319 e. The molecule has 1 heterocycles. The number of hydrogen-bond acceptors (Lipinski definition) is 2. The van der Waals surface area contributed by atoms with Gasteiger partial charge in [-0.05, 0) is 95.0 Å². The van der Waals surface area contributed by atoms with E-state index < -0.39 is 0 Å². The molecule has 1 aliphatic heterocycles. The second kappa shape index (κ2) is 7.04. The van der Waals surface area contributed by atoms with E-state index in [9.17, 15) is 0 Å². The van der Waals surface area contributed by atoms with Crippen molar-refractivity contribution in [1.82, 2.24) is 10.2 Å². The summed E-state index contributed by atoms with van der Waals surface area (Å²) in [4.78, 5) is 2.56. The first kappa shape index (κ1) is 14.5. The molecule has 0 radical (unpaired) electrons. The van der Waals surface area contributed by atoms with E-state index in [2.05, 4.69) is 60.3 Å². The fourth-order valence-electron chi connectivity index (χ4n) is 2.53. The van der Waals surface area contributed by atoms with E-state index in [4.69, 9.17) is 0 Å². The molecule has 100 valence electrons. The van der Waals surface area contributed by atoms with E-state index in [1.54, 1.807) is 0 Å². The van der Waals surface area contributed by atoms with Crippen LogP contribution in [-0.2, 0) is 6.54 Å². The van der Waals surface area contributed by atoms with Crippen LogP contribution in [0.4, 0.5) is 0 Å². The molecule has 0 aromatic heterocycles. The second-order valence-corrected chi connectivity index (χ2v) is 6.73. The summed E-state index contributed by atoms with van der Waals surface area (Å²) in [5.74, 6) is 0.864. The Morgan fingerprint density at radius 1 is 1.22 bits per heavy atom. The van der Waals surface area contributed by atoms with Crippen molar-refractivity contribution in [3.63, 3.8) is 0 Å². The van der Waals surface area contributed by atoms with Gasteiger partial charge >= 0.3 is 0 Å². The zero-order chi connectivity index (χ0) is 13.0. The predicted octanol–water partition coefficient (Wildman–Crippen LogP) is 3.64. The maximum Gasteiger partial charge on any atom is 0.0320 e. The quantitative estimate of drug-likeness (QED) is 0.864. The highest BCUT2D eigenvalue weighted by Crippen LogP contribution is 2.25. The third-order valence-electron chi connectivity index (χ3n) is 3.59. The molecule has 1 aromatic carbocycles. The summed E-state index contributed by atoms with van der Waals surface area (Å²) >= 11 is 7.08. The summed E-state index contributed by atoms with van der Waals surface area (Å²) in [6.45, 7) is 4.68. The monoisotopic (exact) mass is 374 g/mol. The van der Waals surface area contributed by atoms with Crippen molar-refractivity contribution in [3.8, 4) is 0 Å². The maximum absolute atomic E-state index is 3.57. The van der Waals surface area contributed by atoms with Gasteiger partial charge in [0, 0.05) is 15.5 Å². The molecule has 0 atom stereocenters. The molecular weight excluding hydrogens is 356 g/mol. The first-order chi connectivity index (χ1) is 8.69. The minimum atomic E-state index is 0.864. The number of halogens is 2. The molecule has 1 N–H and O–H groups in total. The molecule has 0 saturated carbocycles. The van der Waals surface area contributed by atoms with Crippen molar-refractivity contribution in [1.29, 1.82) is 0 Å². The van der Waals surface area contributed by atoms with Crippen LogP contribution in [-0.4, -0.2) is 31.6 Å². The molecule has 2 rings (SSSR count). The highest BCUT2D eigenvalue weighted by molar-refractivity contribution is 9.13. The Balaban J connectivity index is 1.85. The molecule has 0 unspecified atom stereocenters. The molecule has 0 amide bonds. The highest BCUT2D eigenvalue weighted by atomic mass is 79.9. The average molecular weight is 376 g/mol. The van der Waals surface area contributed by atoms with Crippen LogP contribution in [0.25, 0.3) is 0 Å². The fraction of sp³-hybridized carbons (Fsp3) is 0.571. The summed E-state index contributed by atoms with van der Waals surface area (Å²) in [7, 11) is 2.05. The van der Waals surface area contributed by atoms with Crippen molar-refractivity contribution < 1.29 is 0 Å². The molecule has 1 aliphatic rings. The summed E-state index contributed by atoms with van der Waals surface area (Å²) in [5.41, 5.74) is 1.39. The third-order valence-corrected chi connectivity index (χ3v) is 5.47. The molecule has 0 aliphatic carbocycles.